The van der Waals surface area contributed by atoms with Gasteiger partial charge in [0.15, 0.2) is 0 Å². The molecular formula is C8H12Cl2Hf-2. The second-order valence-corrected chi connectivity index (χ2v) is 2.53. The largest absolute Gasteiger partial charge is 1.00 e. The number of allylic oxidation sites excluding steroid dienone is 4. The maximum Gasteiger partial charge on any atom is 0 e. The van der Waals surface area contributed by atoms with Crippen molar-refractivity contribution in [2.24, 2.45) is 5.92 Å². The second-order valence-electron chi connectivity index (χ2n) is 2.53. The standard InChI is InChI=1S/C8H12.2ClH.Hf/c1-7(2)8-5-3-4-6-8;;;/h3-5,7H,6H2,1-2H3;2*1H;/p-2. The van der Waals surface area contributed by atoms with Gasteiger partial charge in [0.25, 0.3) is 0 Å². The smallest absolute Gasteiger partial charge is 0 e. The molecule has 11 heavy (non-hydrogen) atoms. The Labute approximate surface area is 100 Å². The van der Waals surface area contributed by atoms with Crippen molar-refractivity contribution in [2.75, 3.05) is 0 Å². The van der Waals surface area contributed by atoms with Crippen LogP contribution in [0.15, 0.2) is 23.8 Å². The van der Waals surface area contributed by atoms with E-state index in [1.54, 1.807) is 5.57 Å². The van der Waals surface area contributed by atoms with E-state index in [9.17, 15) is 0 Å². The zero-order chi connectivity index (χ0) is 5.98. The zero-order valence-electron chi connectivity index (χ0n) is 6.77. The molecule has 0 saturated carbocycles. The Morgan fingerprint density at radius 3 is 2.00 bits per heavy atom. The fraction of sp³-hybridized carbons (Fsp3) is 0.500. The monoisotopic (exact) mass is 358 g/mol. The van der Waals surface area contributed by atoms with Crippen molar-refractivity contribution in [3.05, 3.63) is 23.8 Å². The van der Waals surface area contributed by atoms with Gasteiger partial charge in [-0.1, -0.05) is 37.6 Å². The number of rotatable bonds is 1. The van der Waals surface area contributed by atoms with Gasteiger partial charge in [-0.25, -0.2) is 0 Å². The number of hydrogen-bond acceptors (Lipinski definition) is 0. The van der Waals surface area contributed by atoms with Crippen LogP contribution in [0.3, 0.4) is 0 Å². The van der Waals surface area contributed by atoms with Crippen molar-refractivity contribution in [2.45, 2.75) is 20.3 Å². The van der Waals surface area contributed by atoms with Crippen LogP contribution in [0.4, 0.5) is 0 Å². The van der Waals surface area contributed by atoms with Crippen LogP contribution in [0.25, 0.3) is 0 Å². The van der Waals surface area contributed by atoms with Crippen LogP contribution in [-0.4, -0.2) is 0 Å². The van der Waals surface area contributed by atoms with Gasteiger partial charge in [-0.15, -0.1) is 0 Å². The van der Waals surface area contributed by atoms with Crippen molar-refractivity contribution in [3.8, 4) is 0 Å². The summed E-state index contributed by atoms with van der Waals surface area (Å²) in [6.45, 7) is 4.47. The molecule has 1 aliphatic carbocycles. The van der Waals surface area contributed by atoms with Gasteiger partial charge in [-0.2, -0.15) is 0 Å². The van der Waals surface area contributed by atoms with E-state index in [2.05, 4.69) is 32.1 Å². The maximum absolute atomic E-state index is 2.23. The Balaban J connectivity index is -0.000000213. The molecule has 0 fully saturated rings. The van der Waals surface area contributed by atoms with Crippen LogP contribution < -0.4 is 24.8 Å². The van der Waals surface area contributed by atoms with E-state index in [0.29, 0.717) is 0 Å². The molecule has 0 aromatic carbocycles. The molecule has 0 amide bonds. The summed E-state index contributed by atoms with van der Waals surface area (Å²) in [6.07, 6.45) is 7.73. The average molecular weight is 358 g/mol. The third kappa shape index (κ3) is 6.12. The first-order valence-corrected chi connectivity index (χ1v) is 3.16. The quantitative estimate of drug-likeness (QED) is 0.428. The summed E-state index contributed by atoms with van der Waals surface area (Å²) in [5.74, 6) is 0.741. The van der Waals surface area contributed by atoms with Gasteiger partial charge >= 0.3 is 0 Å². The molecule has 1 rings (SSSR count). The minimum Gasteiger partial charge on any atom is -1.00 e. The molecule has 0 unspecified atom stereocenters. The normalized spacial score (nSPS) is 12.8. The molecule has 0 atom stereocenters. The molecule has 0 aromatic heterocycles. The third-order valence-electron chi connectivity index (χ3n) is 1.54. The first kappa shape index (κ1) is 17.9. The number of hydrogen-bond donors (Lipinski definition) is 0. The van der Waals surface area contributed by atoms with Gasteiger partial charge in [-0.3, -0.25) is 0 Å². The summed E-state index contributed by atoms with van der Waals surface area (Å²) in [6, 6.07) is 0. The van der Waals surface area contributed by atoms with E-state index in [1.807, 2.05) is 0 Å². The van der Waals surface area contributed by atoms with E-state index in [-0.39, 0.29) is 50.7 Å². The van der Waals surface area contributed by atoms with Crippen molar-refractivity contribution in [1.29, 1.82) is 0 Å². The predicted molar refractivity (Wildman–Crippen MR) is 36.7 cm³/mol. The summed E-state index contributed by atoms with van der Waals surface area (Å²) in [7, 11) is 0. The molecule has 0 saturated heterocycles. The van der Waals surface area contributed by atoms with Gasteiger partial charge in [0, 0.05) is 25.8 Å². The van der Waals surface area contributed by atoms with Gasteiger partial charge in [0.05, 0.1) is 0 Å². The Kier molecular flexibility index (Phi) is 14.7. The van der Waals surface area contributed by atoms with Crippen molar-refractivity contribution in [3.63, 3.8) is 0 Å². The van der Waals surface area contributed by atoms with Crippen molar-refractivity contribution < 1.29 is 50.7 Å². The van der Waals surface area contributed by atoms with Gasteiger partial charge < -0.3 is 24.8 Å². The van der Waals surface area contributed by atoms with Gasteiger partial charge in [-0.05, 0) is 12.3 Å². The first-order valence-electron chi connectivity index (χ1n) is 3.16. The molecule has 3 heteroatoms. The van der Waals surface area contributed by atoms with Crippen LogP contribution in [0.1, 0.15) is 20.3 Å². The van der Waals surface area contributed by atoms with Gasteiger partial charge in [0.1, 0.15) is 0 Å². The minimum atomic E-state index is 0. The third-order valence-corrected chi connectivity index (χ3v) is 1.54. The molecule has 0 radical (unpaired) electrons. The molecule has 0 heterocycles. The van der Waals surface area contributed by atoms with E-state index in [0.717, 1.165) is 5.92 Å². The Hall–Kier alpha value is 0.930. The molecule has 0 bridgehead atoms. The summed E-state index contributed by atoms with van der Waals surface area (Å²) in [5, 5.41) is 0. The fourth-order valence-corrected chi connectivity index (χ4v) is 0.892. The van der Waals surface area contributed by atoms with Crippen LogP contribution in [0.5, 0.6) is 0 Å². The molecule has 0 aliphatic heterocycles. The predicted octanol–water partition coefficient (Wildman–Crippen LogP) is -3.47. The Morgan fingerprint density at radius 2 is 1.82 bits per heavy atom. The molecule has 0 aromatic rings. The minimum absolute atomic E-state index is 0. The van der Waals surface area contributed by atoms with E-state index >= 15 is 0 Å². The molecule has 0 nitrogen and oxygen atoms in total. The Bertz CT molecular complexity index is 139. The Morgan fingerprint density at radius 1 is 1.27 bits per heavy atom. The molecule has 0 spiro atoms. The molecule has 64 valence electrons. The molecular weight excluding hydrogens is 345 g/mol. The topological polar surface area (TPSA) is 0 Å². The molecule has 1 aliphatic rings. The fourth-order valence-electron chi connectivity index (χ4n) is 0.892. The van der Waals surface area contributed by atoms with Crippen LogP contribution in [0.2, 0.25) is 0 Å². The maximum atomic E-state index is 2.23. The zero-order valence-corrected chi connectivity index (χ0v) is 11.9. The van der Waals surface area contributed by atoms with Crippen molar-refractivity contribution >= 4 is 0 Å². The van der Waals surface area contributed by atoms with E-state index < -0.39 is 0 Å². The summed E-state index contributed by atoms with van der Waals surface area (Å²) in [5.41, 5.74) is 1.56. The number of halogens is 2. The van der Waals surface area contributed by atoms with Crippen LogP contribution >= 0.6 is 0 Å². The first-order chi connectivity index (χ1) is 3.80. The summed E-state index contributed by atoms with van der Waals surface area (Å²) in [4.78, 5) is 0. The van der Waals surface area contributed by atoms with Crippen LogP contribution in [-0.2, 0) is 25.8 Å². The average Bonchev–Trinajstić information content (AvgIpc) is 2.12. The second kappa shape index (κ2) is 9.02. The molecule has 0 N–H and O–H groups in total. The van der Waals surface area contributed by atoms with E-state index in [1.165, 1.54) is 6.42 Å². The summed E-state index contributed by atoms with van der Waals surface area (Å²) >= 11 is 0. The van der Waals surface area contributed by atoms with Crippen LogP contribution in [0, 0.1) is 5.92 Å². The van der Waals surface area contributed by atoms with E-state index in [4.69, 9.17) is 0 Å². The SMILES string of the molecule is CC(C)C1=CC=CC1.[Cl-].[Cl-].[Hf]. The van der Waals surface area contributed by atoms with Crippen molar-refractivity contribution in [1.82, 2.24) is 0 Å². The summed E-state index contributed by atoms with van der Waals surface area (Å²) < 4.78 is 0. The van der Waals surface area contributed by atoms with Gasteiger partial charge in [0.2, 0.25) is 0 Å².